The van der Waals surface area contributed by atoms with E-state index >= 15 is 0 Å². The molecule has 0 aliphatic rings. The van der Waals surface area contributed by atoms with Crippen molar-refractivity contribution < 1.29 is 23.1 Å². The molecule has 2 aromatic heterocycles. The number of anilines is 1. The molecule has 6 N–H and O–H groups in total. The number of nitrogens with zero attached hydrogens (tertiary/aromatic N) is 3. The molecular formula is C19H21F3N6O2. The number of amides is 1. The van der Waals surface area contributed by atoms with E-state index in [-0.39, 0.29) is 17.2 Å². The highest BCUT2D eigenvalue weighted by atomic mass is 19.4. The molecule has 3 rings (SSSR count). The van der Waals surface area contributed by atoms with Crippen LogP contribution in [0, 0.1) is 6.92 Å². The Bertz CT molecular complexity index is 1110. The van der Waals surface area contributed by atoms with Gasteiger partial charge in [-0.3, -0.25) is 9.20 Å². The van der Waals surface area contributed by atoms with Crippen LogP contribution in [0.4, 0.5) is 19.0 Å². The molecule has 1 aromatic carbocycles. The zero-order chi connectivity index (χ0) is 22.3. The summed E-state index contributed by atoms with van der Waals surface area (Å²) < 4.78 is 41.9. The average Bonchev–Trinajstić information content (AvgIpc) is 3.11. The fraction of sp³-hybridized carbons (Fsp3) is 0.316. The van der Waals surface area contributed by atoms with Crippen LogP contribution in [-0.4, -0.2) is 44.6 Å². The van der Waals surface area contributed by atoms with Crippen LogP contribution in [0.1, 0.15) is 28.5 Å². The normalized spacial score (nSPS) is 14.0. The van der Waals surface area contributed by atoms with Crippen molar-refractivity contribution in [3.8, 4) is 11.3 Å². The summed E-state index contributed by atoms with van der Waals surface area (Å²) in [5, 5.41) is 12.8. The minimum absolute atomic E-state index is 0.00688. The number of aromatic nitrogens is 3. The first-order valence-electron chi connectivity index (χ1n) is 9.06. The summed E-state index contributed by atoms with van der Waals surface area (Å²) in [4.78, 5) is 20.4. The van der Waals surface area contributed by atoms with Crippen LogP contribution >= 0.6 is 0 Å². The van der Waals surface area contributed by atoms with Gasteiger partial charge in [0.25, 0.3) is 5.91 Å². The first-order chi connectivity index (χ1) is 14.0. The van der Waals surface area contributed by atoms with Crippen molar-refractivity contribution in [2.75, 3.05) is 18.8 Å². The Morgan fingerprint density at radius 1 is 1.33 bits per heavy atom. The molecular weight excluding hydrogens is 401 g/mol. The largest absolute Gasteiger partial charge is 0.422 e. The highest BCUT2D eigenvalue weighted by Crippen LogP contribution is 2.40. The molecule has 0 fully saturated rings. The minimum Gasteiger partial charge on any atom is -0.381 e. The van der Waals surface area contributed by atoms with E-state index in [0.29, 0.717) is 23.4 Å². The van der Waals surface area contributed by atoms with Gasteiger partial charge < -0.3 is 21.9 Å². The van der Waals surface area contributed by atoms with E-state index in [4.69, 9.17) is 11.5 Å². The van der Waals surface area contributed by atoms with E-state index in [0.717, 1.165) is 0 Å². The number of imidazole rings is 1. The smallest absolute Gasteiger partial charge is 0.381 e. The van der Waals surface area contributed by atoms with Gasteiger partial charge in [0.15, 0.2) is 17.1 Å². The third kappa shape index (κ3) is 3.46. The zero-order valence-corrected chi connectivity index (χ0v) is 16.3. The predicted octanol–water partition coefficient (Wildman–Crippen LogP) is 1.75. The number of hydrogen-bond acceptors (Lipinski definition) is 6. The average molecular weight is 422 g/mol. The second-order valence-corrected chi connectivity index (χ2v) is 6.80. The summed E-state index contributed by atoms with van der Waals surface area (Å²) in [6, 6.07) is 3.84. The molecule has 0 saturated heterocycles. The maximum Gasteiger partial charge on any atom is 0.422 e. The maximum absolute atomic E-state index is 13.5. The van der Waals surface area contributed by atoms with Crippen molar-refractivity contribution in [1.82, 2.24) is 19.7 Å². The number of hydrogen-bond donors (Lipinski definition) is 4. The quantitative estimate of drug-likeness (QED) is 0.495. The molecule has 0 saturated carbocycles. The van der Waals surface area contributed by atoms with Crippen LogP contribution in [-0.2, 0) is 5.60 Å². The van der Waals surface area contributed by atoms with Crippen LogP contribution in [0.25, 0.3) is 16.9 Å². The Kier molecular flexibility index (Phi) is 5.44. The molecule has 1 atom stereocenters. The van der Waals surface area contributed by atoms with Gasteiger partial charge in [-0.2, -0.15) is 13.2 Å². The number of fused-ring (bicyclic) bond motifs is 1. The summed E-state index contributed by atoms with van der Waals surface area (Å²) >= 11 is 0. The van der Waals surface area contributed by atoms with Gasteiger partial charge in [0, 0.05) is 24.8 Å². The van der Waals surface area contributed by atoms with Gasteiger partial charge in [-0.25, -0.2) is 9.97 Å². The van der Waals surface area contributed by atoms with Crippen LogP contribution in [0.5, 0.6) is 0 Å². The summed E-state index contributed by atoms with van der Waals surface area (Å²) in [7, 11) is 0. The molecule has 0 radical (unpaired) electrons. The second kappa shape index (κ2) is 7.58. The van der Waals surface area contributed by atoms with E-state index < -0.39 is 29.8 Å². The Hall–Kier alpha value is -3.18. The van der Waals surface area contributed by atoms with Crippen LogP contribution in [0.15, 0.2) is 30.6 Å². The molecule has 1 unspecified atom stereocenters. The van der Waals surface area contributed by atoms with Crippen molar-refractivity contribution in [1.29, 1.82) is 0 Å². The number of rotatable bonds is 5. The standard InChI is InChI=1S/C19H21F3N6O2/c1-3-25-17(29)13-8-28-14(7-26-16(28)15(24)27-13)12-6-11(5-4-10(12)2)18(30,9-23)19(20,21)22/h4-8,30H,3,9,23H2,1-2H3,(H2,24,27)(H,25,29). The summed E-state index contributed by atoms with van der Waals surface area (Å²) in [5.74, 6) is -0.460. The van der Waals surface area contributed by atoms with E-state index in [2.05, 4.69) is 15.3 Å². The first kappa shape index (κ1) is 21.5. The van der Waals surface area contributed by atoms with Gasteiger partial charge in [-0.1, -0.05) is 12.1 Å². The molecule has 0 aliphatic carbocycles. The van der Waals surface area contributed by atoms with Crippen LogP contribution in [0.2, 0.25) is 0 Å². The Balaban J connectivity index is 2.22. The molecule has 30 heavy (non-hydrogen) atoms. The van der Waals surface area contributed by atoms with Crippen molar-refractivity contribution in [2.45, 2.75) is 25.6 Å². The second-order valence-electron chi connectivity index (χ2n) is 6.80. The molecule has 11 heteroatoms. The van der Waals surface area contributed by atoms with Crippen molar-refractivity contribution >= 4 is 17.4 Å². The topological polar surface area (TPSA) is 132 Å². The predicted molar refractivity (Wildman–Crippen MR) is 105 cm³/mol. The van der Waals surface area contributed by atoms with Crippen molar-refractivity contribution in [3.63, 3.8) is 0 Å². The summed E-state index contributed by atoms with van der Waals surface area (Å²) in [6.45, 7) is 2.79. The van der Waals surface area contributed by atoms with Crippen LogP contribution < -0.4 is 16.8 Å². The number of benzene rings is 1. The number of nitrogens with one attached hydrogen (secondary N) is 1. The molecule has 0 bridgehead atoms. The van der Waals surface area contributed by atoms with E-state index in [1.54, 1.807) is 13.8 Å². The number of aryl methyl sites for hydroxylation is 1. The first-order valence-corrected chi connectivity index (χ1v) is 9.06. The summed E-state index contributed by atoms with van der Waals surface area (Å²) in [5.41, 5.74) is 9.22. The SMILES string of the molecule is CCNC(=O)c1cn2c(-c3cc(C(O)(CN)C(F)(F)F)ccc3C)cnc2c(N)n1. The fourth-order valence-electron chi connectivity index (χ4n) is 3.12. The molecule has 8 nitrogen and oxygen atoms in total. The van der Waals surface area contributed by atoms with Gasteiger partial charge in [-0.15, -0.1) is 0 Å². The number of alkyl halides is 3. The van der Waals surface area contributed by atoms with E-state index in [1.807, 2.05) is 0 Å². The molecule has 1 amide bonds. The minimum atomic E-state index is -4.96. The molecule has 0 aliphatic heterocycles. The number of carbonyl (C=O) groups is 1. The number of nitrogens with two attached hydrogens (primary N) is 2. The van der Waals surface area contributed by atoms with Crippen LogP contribution in [0.3, 0.4) is 0 Å². The zero-order valence-electron chi connectivity index (χ0n) is 16.3. The monoisotopic (exact) mass is 422 g/mol. The highest BCUT2D eigenvalue weighted by Gasteiger charge is 2.54. The van der Waals surface area contributed by atoms with E-state index in [1.165, 1.54) is 35.0 Å². The highest BCUT2D eigenvalue weighted by molar-refractivity contribution is 5.93. The number of halogens is 3. The van der Waals surface area contributed by atoms with E-state index in [9.17, 15) is 23.1 Å². The number of aliphatic hydroxyl groups is 1. The van der Waals surface area contributed by atoms with Crippen molar-refractivity contribution in [2.24, 2.45) is 5.73 Å². The maximum atomic E-state index is 13.5. The molecule has 2 heterocycles. The Labute approximate surface area is 169 Å². The number of carbonyl (C=O) groups excluding carboxylic acids is 1. The lowest BCUT2D eigenvalue weighted by atomic mass is 9.90. The number of nitrogen functional groups attached to an aromatic ring is 1. The lowest BCUT2D eigenvalue weighted by Gasteiger charge is -2.30. The summed E-state index contributed by atoms with van der Waals surface area (Å²) in [6.07, 6.45) is -2.15. The van der Waals surface area contributed by atoms with Gasteiger partial charge in [0.05, 0.1) is 11.9 Å². The Morgan fingerprint density at radius 2 is 2.03 bits per heavy atom. The fourth-order valence-corrected chi connectivity index (χ4v) is 3.12. The molecule has 3 aromatic rings. The van der Waals surface area contributed by atoms with Gasteiger partial charge in [-0.05, 0) is 31.0 Å². The van der Waals surface area contributed by atoms with Gasteiger partial charge >= 0.3 is 6.18 Å². The Morgan fingerprint density at radius 3 is 2.63 bits per heavy atom. The molecule has 160 valence electrons. The molecule has 0 spiro atoms. The van der Waals surface area contributed by atoms with Gasteiger partial charge in [0.1, 0.15) is 5.69 Å². The third-order valence-electron chi connectivity index (χ3n) is 4.84. The lowest BCUT2D eigenvalue weighted by Crippen LogP contribution is -2.48. The van der Waals surface area contributed by atoms with Crippen molar-refractivity contribution in [3.05, 3.63) is 47.4 Å². The van der Waals surface area contributed by atoms with Gasteiger partial charge in [0.2, 0.25) is 0 Å². The lowest BCUT2D eigenvalue weighted by molar-refractivity contribution is -0.262. The third-order valence-corrected chi connectivity index (χ3v) is 4.84.